The number of rotatable bonds is 7. The molecule has 11 heteroatoms. The van der Waals surface area contributed by atoms with Gasteiger partial charge >= 0.3 is 0 Å². The van der Waals surface area contributed by atoms with Crippen LogP contribution in [0.15, 0.2) is 41.8 Å². The molecular formula is C21H26N8O2S. The Bertz CT molecular complexity index is 1040. The molecule has 0 unspecified atom stereocenters. The van der Waals surface area contributed by atoms with Crippen molar-refractivity contribution in [2.24, 2.45) is 4.99 Å². The van der Waals surface area contributed by atoms with E-state index in [2.05, 4.69) is 40.9 Å². The van der Waals surface area contributed by atoms with E-state index >= 15 is 0 Å². The van der Waals surface area contributed by atoms with Crippen LogP contribution < -0.4 is 25.4 Å². The number of methoxy groups -OCH3 is 2. The second-order valence-corrected chi connectivity index (χ2v) is 7.25. The SMILES string of the molecule is COc1cc(NC(=S)NC(=NCCc2cnc[nH]2)Nc2nc(C)cc(C)n2)cc(OC)c1. The number of aliphatic imine (C=N–C) groups is 1. The van der Waals surface area contributed by atoms with Crippen molar-refractivity contribution in [1.29, 1.82) is 0 Å². The average Bonchev–Trinajstić information content (AvgIpc) is 3.26. The molecule has 10 nitrogen and oxygen atoms in total. The van der Waals surface area contributed by atoms with Crippen molar-refractivity contribution in [2.75, 3.05) is 31.4 Å². The maximum absolute atomic E-state index is 5.49. The van der Waals surface area contributed by atoms with Gasteiger partial charge < -0.3 is 25.1 Å². The molecule has 2 aromatic heterocycles. The Kier molecular flexibility index (Phi) is 7.92. The summed E-state index contributed by atoms with van der Waals surface area (Å²) in [7, 11) is 3.18. The maximum Gasteiger partial charge on any atom is 0.229 e. The largest absolute Gasteiger partial charge is 0.497 e. The van der Waals surface area contributed by atoms with Crippen LogP contribution in [0.4, 0.5) is 11.6 Å². The molecule has 0 atom stereocenters. The number of H-pyrrole nitrogens is 1. The number of nitrogens with one attached hydrogen (secondary N) is 4. The van der Waals surface area contributed by atoms with Crippen molar-refractivity contribution in [3.05, 3.63) is 53.9 Å². The van der Waals surface area contributed by atoms with Crippen LogP contribution in [0.5, 0.6) is 11.5 Å². The number of anilines is 2. The van der Waals surface area contributed by atoms with E-state index in [1.54, 1.807) is 32.8 Å². The molecule has 0 radical (unpaired) electrons. The molecule has 0 fully saturated rings. The minimum atomic E-state index is 0.331. The van der Waals surface area contributed by atoms with Crippen molar-refractivity contribution >= 4 is 34.9 Å². The number of hydrogen-bond donors (Lipinski definition) is 4. The lowest BCUT2D eigenvalue weighted by Gasteiger charge is -2.15. The van der Waals surface area contributed by atoms with E-state index in [-0.39, 0.29) is 0 Å². The number of aryl methyl sites for hydroxylation is 2. The van der Waals surface area contributed by atoms with Crippen molar-refractivity contribution in [3.63, 3.8) is 0 Å². The fourth-order valence-corrected chi connectivity index (χ4v) is 3.07. The van der Waals surface area contributed by atoms with Crippen LogP contribution in [0.2, 0.25) is 0 Å². The number of benzene rings is 1. The molecule has 0 saturated heterocycles. The van der Waals surface area contributed by atoms with Crippen LogP contribution in [0.25, 0.3) is 0 Å². The highest BCUT2D eigenvalue weighted by atomic mass is 32.1. The molecule has 0 aliphatic rings. The number of imidazole rings is 1. The number of guanidine groups is 1. The van der Waals surface area contributed by atoms with E-state index in [4.69, 9.17) is 21.7 Å². The Labute approximate surface area is 191 Å². The third kappa shape index (κ3) is 6.91. The summed E-state index contributed by atoms with van der Waals surface area (Å²) in [6.45, 7) is 4.31. The quantitative estimate of drug-likeness (QED) is 0.242. The molecule has 3 aromatic rings. The lowest BCUT2D eigenvalue weighted by molar-refractivity contribution is 0.395. The molecule has 0 amide bonds. The van der Waals surface area contributed by atoms with Gasteiger partial charge in [-0.1, -0.05) is 0 Å². The van der Waals surface area contributed by atoms with Gasteiger partial charge in [-0.15, -0.1) is 0 Å². The van der Waals surface area contributed by atoms with Crippen molar-refractivity contribution in [1.82, 2.24) is 25.3 Å². The molecule has 32 heavy (non-hydrogen) atoms. The lowest BCUT2D eigenvalue weighted by atomic mass is 10.3. The Morgan fingerprint density at radius 3 is 2.31 bits per heavy atom. The highest BCUT2D eigenvalue weighted by molar-refractivity contribution is 7.80. The van der Waals surface area contributed by atoms with E-state index in [1.165, 1.54) is 0 Å². The summed E-state index contributed by atoms with van der Waals surface area (Å²) in [6.07, 6.45) is 4.10. The van der Waals surface area contributed by atoms with E-state index < -0.39 is 0 Å². The van der Waals surface area contributed by atoms with Gasteiger partial charge in [0.1, 0.15) is 11.5 Å². The van der Waals surface area contributed by atoms with Gasteiger partial charge in [-0.25, -0.2) is 15.0 Å². The van der Waals surface area contributed by atoms with Crippen LogP contribution in [-0.4, -0.2) is 51.8 Å². The smallest absolute Gasteiger partial charge is 0.229 e. The zero-order chi connectivity index (χ0) is 22.9. The first-order chi connectivity index (χ1) is 15.4. The first-order valence-electron chi connectivity index (χ1n) is 9.87. The Hall–Kier alpha value is -3.73. The fourth-order valence-electron chi connectivity index (χ4n) is 2.86. The standard InChI is InChI=1S/C21H26N8O2S/c1-13-7-14(2)26-20(25-13)28-19(23-6-5-15-11-22-12-24-15)29-21(32)27-16-8-17(30-3)10-18(9-16)31-4/h7-12H,5-6H2,1-4H3,(H,22,24)(H3,23,25,26,27,28,29,32). The second-order valence-electron chi connectivity index (χ2n) is 6.84. The van der Waals surface area contributed by atoms with Gasteiger partial charge in [-0.05, 0) is 32.1 Å². The summed E-state index contributed by atoms with van der Waals surface area (Å²) in [5, 5.41) is 9.64. The number of nitrogens with zero attached hydrogens (tertiary/aromatic N) is 4. The zero-order valence-corrected chi connectivity index (χ0v) is 19.2. The summed E-state index contributed by atoms with van der Waals surface area (Å²) in [6, 6.07) is 7.30. The van der Waals surface area contributed by atoms with Crippen LogP contribution in [-0.2, 0) is 6.42 Å². The fraction of sp³-hybridized carbons (Fsp3) is 0.286. The topological polar surface area (TPSA) is 121 Å². The number of ether oxygens (including phenoxy) is 2. The van der Waals surface area contributed by atoms with Gasteiger partial charge in [0.2, 0.25) is 11.9 Å². The second kappa shape index (κ2) is 11.0. The van der Waals surface area contributed by atoms with E-state index in [9.17, 15) is 0 Å². The van der Waals surface area contributed by atoms with Crippen molar-refractivity contribution in [3.8, 4) is 11.5 Å². The normalized spacial score (nSPS) is 11.1. The number of thiocarbonyl (C=S) groups is 1. The summed E-state index contributed by atoms with van der Waals surface area (Å²) in [5.74, 6) is 2.14. The van der Waals surface area contributed by atoms with Crippen LogP contribution >= 0.6 is 12.2 Å². The first-order valence-corrected chi connectivity index (χ1v) is 10.3. The molecule has 1 aromatic carbocycles. The molecular weight excluding hydrogens is 428 g/mol. The predicted molar refractivity (Wildman–Crippen MR) is 129 cm³/mol. The highest BCUT2D eigenvalue weighted by Crippen LogP contribution is 2.25. The van der Waals surface area contributed by atoms with Crippen molar-refractivity contribution in [2.45, 2.75) is 20.3 Å². The van der Waals surface area contributed by atoms with Gasteiger partial charge in [0.05, 0.1) is 20.5 Å². The van der Waals surface area contributed by atoms with Gasteiger partial charge in [-0.2, -0.15) is 0 Å². The lowest BCUT2D eigenvalue weighted by Crippen LogP contribution is -2.39. The highest BCUT2D eigenvalue weighted by Gasteiger charge is 2.09. The molecule has 2 heterocycles. The third-order valence-corrected chi connectivity index (χ3v) is 4.46. The van der Waals surface area contributed by atoms with Crippen LogP contribution in [0, 0.1) is 13.8 Å². The van der Waals surface area contributed by atoms with Crippen LogP contribution in [0.1, 0.15) is 17.1 Å². The summed E-state index contributed by atoms with van der Waals surface area (Å²) in [5.41, 5.74) is 3.39. The van der Waals surface area contributed by atoms with Gasteiger partial charge in [0, 0.05) is 60.1 Å². The summed E-state index contributed by atoms with van der Waals surface area (Å²) < 4.78 is 10.6. The summed E-state index contributed by atoms with van der Waals surface area (Å²) in [4.78, 5) is 20.5. The minimum absolute atomic E-state index is 0.331. The maximum atomic E-state index is 5.49. The Balaban J connectivity index is 1.73. The Morgan fingerprint density at radius 1 is 1.03 bits per heavy atom. The predicted octanol–water partition coefficient (Wildman–Crippen LogP) is 2.83. The molecule has 0 bridgehead atoms. The molecule has 0 aliphatic heterocycles. The average molecular weight is 455 g/mol. The Morgan fingerprint density at radius 2 is 1.72 bits per heavy atom. The van der Waals surface area contributed by atoms with Crippen LogP contribution in [0.3, 0.4) is 0 Å². The van der Waals surface area contributed by atoms with E-state index in [0.717, 1.165) is 17.1 Å². The number of aromatic amines is 1. The van der Waals surface area contributed by atoms with Gasteiger partial charge in [-0.3, -0.25) is 10.3 Å². The van der Waals surface area contributed by atoms with Gasteiger partial charge in [0.25, 0.3) is 0 Å². The molecule has 168 valence electrons. The number of hydrogen-bond acceptors (Lipinski definition) is 7. The summed E-state index contributed by atoms with van der Waals surface area (Å²) >= 11 is 5.49. The molecule has 0 spiro atoms. The van der Waals surface area contributed by atoms with E-state index in [1.807, 2.05) is 32.0 Å². The van der Waals surface area contributed by atoms with E-state index in [0.29, 0.717) is 47.2 Å². The molecule has 0 aliphatic carbocycles. The molecule has 0 saturated carbocycles. The molecule has 4 N–H and O–H groups in total. The molecule has 3 rings (SSSR count). The minimum Gasteiger partial charge on any atom is -0.497 e. The van der Waals surface area contributed by atoms with Crippen molar-refractivity contribution < 1.29 is 9.47 Å². The third-order valence-electron chi connectivity index (χ3n) is 4.26. The monoisotopic (exact) mass is 454 g/mol. The van der Waals surface area contributed by atoms with Gasteiger partial charge in [0.15, 0.2) is 5.11 Å². The first kappa shape index (κ1) is 22.9. The zero-order valence-electron chi connectivity index (χ0n) is 18.4. The number of aromatic nitrogens is 4.